The number of aryl methyl sites for hydroxylation is 1. The van der Waals surface area contributed by atoms with E-state index in [2.05, 4.69) is 20.6 Å². The number of nitrogens with one attached hydrogen (secondary N) is 2. The van der Waals surface area contributed by atoms with E-state index in [-0.39, 0.29) is 17.4 Å². The van der Waals surface area contributed by atoms with Gasteiger partial charge in [-0.1, -0.05) is 29.8 Å². The number of benzene rings is 2. The molecule has 0 spiro atoms. The van der Waals surface area contributed by atoms with Gasteiger partial charge in [-0.15, -0.1) is 0 Å². The van der Waals surface area contributed by atoms with E-state index in [1.54, 1.807) is 49.4 Å². The van der Waals surface area contributed by atoms with Gasteiger partial charge in [-0.05, 0) is 55.3 Å². The summed E-state index contributed by atoms with van der Waals surface area (Å²) in [5, 5.41) is 6.40. The average molecular weight is 385 g/mol. The van der Waals surface area contributed by atoms with Crippen molar-refractivity contribution >= 4 is 29.1 Å². The molecule has 3 rings (SSSR count). The van der Waals surface area contributed by atoms with Gasteiger partial charge in [-0.25, -0.2) is 14.4 Å². The third-order valence-electron chi connectivity index (χ3n) is 3.78. The van der Waals surface area contributed by atoms with Crippen LogP contribution in [0.25, 0.3) is 0 Å². The fraction of sp³-hybridized carbons (Fsp3) is 0.150. The molecule has 5 nitrogen and oxygen atoms in total. The first-order chi connectivity index (χ1) is 13.0. The van der Waals surface area contributed by atoms with Gasteiger partial charge < -0.3 is 10.6 Å². The molecule has 138 valence electrons. The predicted molar refractivity (Wildman–Crippen MR) is 105 cm³/mol. The third kappa shape index (κ3) is 5.49. The lowest BCUT2D eigenvalue weighted by atomic mass is 10.1. The van der Waals surface area contributed by atoms with Crippen LogP contribution in [0.1, 0.15) is 21.7 Å². The molecule has 0 atom stereocenters. The predicted octanol–water partition coefficient (Wildman–Crippen LogP) is 4.48. The van der Waals surface area contributed by atoms with Gasteiger partial charge in [0.25, 0.3) is 5.91 Å². The summed E-state index contributed by atoms with van der Waals surface area (Å²) in [7, 11) is 0. The van der Waals surface area contributed by atoms with Gasteiger partial charge in [0.2, 0.25) is 5.95 Å². The van der Waals surface area contributed by atoms with Gasteiger partial charge in [0.1, 0.15) is 11.5 Å². The number of carbonyl (C=O) groups is 1. The highest BCUT2D eigenvalue weighted by molar-refractivity contribution is 6.30. The Balaban J connectivity index is 1.64. The molecule has 7 heteroatoms. The summed E-state index contributed by atoms with van der Waals surface area (Å²) < 4.78 is 12.9. The van der Waals surface area contributed by atoms with Crippen molar-refractivity contribution in [2.24, 2.45) is 0 Å². The van der Waals surface area contributed by atoms with Crippen LogP contribution in [0.5, 0.6) is 0 Å². The number of halogens is 2. The first-order valence-corrected chi connectivity index (χ1v) is 8.78. The number of rotatable bonds is 6. The second-order valence-electron chi connectivity index (χ2n) is 5.99. The van der Waals surface area contributed by atoms with E-state index in [1.165, 1.54) is 12.1 Å². The van der Waals surface area contributed by atoms with Gasteiger partial charge >= 0.3 is 0 Å². The Morgan fingerprint density at radius 3 is 2.63 bits per heavy atom. The van der Waals surface area contributed by atoms with E-state index < -0.39 is 0 Å². The zero-order chi connectivity index (χ0) is 19.2. The first-order valence-electron chi connectivity index (χ1n) is 8.40. The lowest BCUT2D eigenvalue weighted by Gasteiger charge is -2.09. The lowest BCUT2D eigenvalue weighted by molar-refractivity contribution is 0.102. The van der Waals surface area contributed by atoms with Crippen LogP contribution in [0.4, 0.5) is 16.0 Å². The van der Waals surface area contributed by atoms with Crippen LogP contribution in [0.2, 0.25) is 5.02 Å². The number of hydrogen-bond donors (Lipinski definition) is 2. The molecule has 3 aromatic rings. The van der Waals surface area contributed by atoms with Crippen LogP contribution in [0.3, 0.4) is 0 Å². The molecule has 1 heterocycles. The van der Waals surface area contributed by atoms with Crippen LogP contribution >= 0.6 is 11.6 Å². The number of aromatic nitrogens is 2. The van der Waals surface area contributed by atoms with E-state index in [1.807, 2.05) is 0 Å². The Morgan fingerprint density at radius 1 is 1.11 bits per heavy atom. The molecule has 0 aliphatic heterocycles. The fourth-order valence-corrected chi connectivity index (χ4v) is 2.69. The summed E-state index contributed by atoms with van der Waals surface area (Å²) in [6.45, 7) is 2.35. The van der Waals surface area contributed by atoms with Gasteiger partial charge in [0.05, 0.1) is 0 Å². The van der Waals surface area contributed by atoms with E-state index in [0.717, 1.165) is 5.56 Å². The molecule has 0 bridgehead atoms. The topological polar surface area (TPSA) is 66.9 Å². The summed E-state index contributed by atoms with van der Waals surface area (Å²) in [6, 6.07) is 14.8. The SMILES string of the molecule is Cc1cc(C(=O)Nc2cccc(Cl)c2)nc(NCCc2ccc(F)cc2)n1. The molecule has 2 N–H and O–H groups in total. The maximum absolute atomic E-state index is 12.9. The molecule has 1 amide bonds. The van der Waals surface area contributed by atoms with Crippen molar-refractivity contribution in [2.45, 2.75) is 13.3 Å². The summed E-state index contributed by atoms with van der Waals surface area (Å²) in [6.07, 6.45) is 0.682. The molecule has 0 fully saturated rings. The highest BCUT2D eigenvalue weighted by Gasteiger charge is 2.11. The minimum Gasteiger partial charge on any atom is -0.354 e. The van der Waals surface area contributed by atoms with Gasteiger partial charge in [-0.2, -0.15) is 0 Å². The number of anilines is 2. The van der Waals surface area contributed by atoms with Crippen molar-refractivity contribution in [3.05, 3.63) is 82.4 Å². The molecule has 0 saturated heterocycles. The highest BCUT2D eigenvalue weighted by Crippen LogP contribution is 2.16. The smallest absolute Gasteiger partial charge is 0.274 e. The Kier molecular flexibility index (Phi) is 5.98. The molecule has 0 aliphatic rings. The van der Waals surface area contributed by atoms with E-state index in [9.17, 15) is 9.18 Å². The Hall–Kier alpha value is -2.99. The highest BCUT2D eigenvalue weighted by atomic mass is 35.5. The van der Waals surface area contributed by atoms with Crippen molar-refractivity contribution in [3.63, 3.8) is 0 Å². The van der Waals surface area contributed by atoms with Crippen molar-refractivity contribution in [2.75, 3.05) is 17.2 Å². The molecule has 0 radical (unpaired) electrons. The van der Waals surface area contributed by atoms with Crippen LogP contribution < -0.4 is 10.6 Å². The zero-order valence-corrected chi connectivity index (χ0v) is 15.4. The van der Waals surface area contributed by atoms with Crippen molar-refractivity contribution in [1.29, 1.82) is 0 Å². The molecular formula is C20H18ClFN4O. The third-order valence-corrected chi connectivity index (χ3v) is 4.01. The van der Waals surface area contributed by atoms with E-state index >= 15 is 0 Å². The van der Waals surface area contributed by atoms with Gasteiger partial charge in [0.15, 0.2) is 0 Å². The van der Waals surface area contributed by atoms with Gasteiger partial charge in [-0.3, -0.25) is 4.79 Å². The average Bonchev–Trinajstić information content (AvgIpc) is 2.63. The van der Waals surface area contributed by atoms with Crippen molar-refractivity contribution in [3.8, 4) is 0 Å². The summed E-state index contributed by atoms with van der Waals surface area (Å²) in [4.78, 5) is 21.0. The number of carbonyl (C=O) groups excluding carboxylic acids is 1. The first kappa shape index (κ1) is 18.8. The zero-order valence-electron chi connectivity index (χ0n) is 14.7. The molecular weight excluding hydrogens is 367 g/mol. The maximum atomic E-state index is 12.9. The van der Waals surface area contributed by atoms with E-state index in [4.69, 9.17) is 11.6 Å². The number of amides is 1. The molecule has 0 unspecified atom stereocenters. The summed E-state index contributed by atoms with van der Waals surface area (Å²) in [5.74, 6) is -0.234. The Morgan fingerprint density at radius 2 is 1.89 bits per heavy atom. The molecule has 0 aliphatic carbocycles. The number of nitrogens with zero attached hydrogens (tertiary/aromatic N) is 2. The minimum absolute atomic E-state index is 0.256. The Labute approximate surface area is 161 Å². The van der Waals surface area contributed by atoms with Crippen LogP contribution in [-0.4, -0.2) is 22.4 Å². The second kappa shape index (κ2) is 8.60. The van der Waals surface area contributed by atoms with Gasteiger partial charge in [0, 0.05) is 22.9 Å². The summed E-state index contributed by atoms with van der Waals surface area (Å²) in [5.41, 5.74) is 2.52. The van der Waals surface area contributed by atoms with Crippen LogP contribution in [0, 0.1) is 12.7 Å². The lowest BCUT2D eigenvalue weighted by Crippen LogP contribution is -2.16. The normalized spacial score (nSPS) is 10.5. The quantitative estimate of drug-likeness (QED) is 0.657. The minimum atomic E-state index is -0.343. The molecule has 2 aromatic carbocycles. The maximum Gasteiger partial charge on any atom is 0.274 e. The van der Waals surface area contributed by atoms with E-state index in [0.29, 0.717) is 35.3 Å². The van der Waals surface area contributed by atoms with Crippen molar-refractivity contribution in [1.82, 2.24) is 9.97 Å². The van der Waals surface area contributed by atoms with Crippen LogP contribution in [0.15, 0.2) is 54.6 Å². The fourth-order valence-electron chi connectivity index (χ4n) is 2.50. The number of hydrogen-bond acceptors (Lipinski definition) is 4. The molecule has 0 saturated carbocycles. The van der Waals surface area contributed by atoms with Crippen molar-refractivity contribution < 1.29 is 9.18 Å². The van der Waals surface area contributed by atoms with Crippen LogP contribution in [-0.2, 0) is 6.42 Å². The molecule has 27 heavy (non-hydrogen) atoms. The standard InChI is InChI=1S/C20H18ClFN4O/c1-13-11-18(19(27)25-17-4-2-3-15(21)12-17)26-20(24-13)23-10-9-14-5-7-16(22)8-6-14/h2-8,11-12H,9-10H2,1H3,(H,25,27)(H,23,24,26). The largest absolute Gasteiger partial charge is 0.354 e. The molecule has 1 aromatic heterocycles. The second-order valence-corrected chi connectivity index (χ2v) is 6.42. The Bertz CT molecular complexity index is 947. The monoisotopic (exact) mass is 384 g/mol. The summed E-state index contributed by atoms with van der Waals surface area (Å²) >= 11 is 5.93.